The largest absolute Gasteiger partial charge is 0.496 e. The van der Waals surface area contributed by atoms with E-state index >= 15 is 0 Å². The molecule has 0 saturated carbocycles. The van der Waals surface area contributed by atoms with Gasteiger partial charge in [0.15, 0.2) is 5.11 Å². The highest BCUT2D eigenvalue weighted by molar-refractivity contribution is 9.10. The number of hydrogen-bond donors (Lipinski definition) is 2. The monoisotopic (exact) mass is 398 g/mol. The minimum Gasteiger partial charge on any atom is -0.496 e. The van der Waals surface area contributed by atoms with E-state index in [9.17, 15) is 4.79 Å². The van der Waals surface area contributed by atoms with Crippen molar-refractivity contribution in [3.8, 4) is 5.75 Å². The van der Waals surface area contributed by atoms with Gasteiger partial charge in [-0.25, -0.2) is 0 Å². The normalized spacial score (nSPS) is 10.2. The van der Waals surface area contributed by atoms with Crippen LogP contribution in [0.4, 0.5) is 5.95 Å². The van der Waals surface area contributed by atoms with Crippen molar-refractivity contribution in [1.82, 2.24) is 25.5 Å². The van der Waals surface area contributed by atoms with Gasteiger partial charge in [0.1, 0.15) is 5.75 Å². The van der Waals surface area contributed by atoms with Crippen molar-refractivity contribution in [2.75, 3.05) is 12.4 Å². The zero-order chi connectivity index (χ0) is 16.8. The Balaban J connectivity index is 2.02. The first-order chi connectivity index (χ1) is 11.0. The lowest BCUT2D eigenvalue weighted by Crippen LogP contribution is -2.34. The van der Waals surface area contributed by atoms with Crippen LogP contribution in [0.25, 0.3) is 0 Å². The summed E-state index contributed by atoms with van der Waals surface area (Å²) < 4.78 is 5.92. The number of anilines is 1. The van der Waals surface area contributed by atoms with E-state index in [1.165, 1.54) is 11.9 Å². The third-order valence-corrected chi connectivity index (χ3v) is 3.43. The first kappa shape index (κ1) is 17.3. The van der Waals surface area contributed by atoms with E-state index in [0.29, 0.717) is 17.9 Å². The van der Waals surface area contributed by atoms with E-state index in [1.54, 1.807) is 18.2 Å². The number of rotatable bonds is 5. The summed E-state index contributed by atoms with van der Waals surface area (Å²) in [5.74, 6) is 0.270. The molecule has 1 amide bonds. The number of ether oxygens (including phenoxy) is 1. The zero-order valence-corrected chi connectivity index (χ0v) is 14.9. The third kappa shape index (κ3) is 4.70. The average Bonchev–Trinajstić information content (AvgIpc) is 2.94. The SMILES string of the molecule is CCCn1nnc(NC(=S)NC(=O)c2cc(Br)ccc2OC)n1. The zero-order valence-electron chi connectivity index (χ0n) is 12.5. The number of amides is 1. The summed E-state index contributed by atoms with van der Waals surface area (Å²) in [5.41, 5.74) is 0.355. The molecular weight excluding hydrogens is 384 g/mol. The van der Waals surface area contributed by atoms with Gasteiger partial charge in [-0.05, 0) is 42.1 Å². The second kappa shape index (κ2) is 7.97. The molecule has 0 radical (unpaired) electrons. The Morgan fingerprint density at radius 1 is 1.48 bits per heavy atom. The van der Waals surface area contributed by atoms with Crippen molar-refractivity contribution in [1.29, 1.82) is 0 Å². The van der Waals surface area contributed by atoms with Crippen molar-refractivity contribution in [3.05, 3.63) is 28.2 Å². The van der Waals surface area contributed by atoms with E-state index in [0.717, 1.165) is 10.9 Å². The third-order valence-electron chi connectivity index (χ3n) is 2.73. The number of nitrogens with one attached hydrogen (secondary N) is 2. The standard InChI is InChI=1S/C13H15BrN6O2S/c1-3-6-20-18-12(17-19-20)16-13(23)15-11(21)9-7-8(14)4-5-10(9)22-2/h4-5,7H,3,6H2,1-2H3,(H2,15,16,18,21,23). The van der Waals surface area contributed by atoms with Crippen molar-refractivity contribution in [2.45, 2.75) is 19.9 Å². The summed E-state index contributed by atoms with van der Waals surface area (Å²) in [4.78, 5) is 13.7. The van der Waals surface area contributed by atoms with Crippen LogP contribution in [0.3, 0.4) is 0 Å². The molecule has 8 nitrogen and oxygen atoms in total. The van der Waals surface area contributed by atoms with Gasteiger partial charge in [-0.2, -0.15) is 4.80 Å². The van der Waals surface area contributed by atoms with Gasteiger partial charge in [-0.3, -0.25) is 15.4 Å². The fraction of sp³-hybridized carbons (Fsp3) is 0.308. The van der Waals surface area contributed by atoms with Crippen LogP contribution < -0.4 is 15.4 Å². The second-order valence-electron chi connectivity index (χ2n) is 4.46. The molecule has 0 aliphatic carbocycles. The predicted octanol–water partition coefficient (Wildman–Crippen LogP) is 1.98. The van der Waals surface area contributed by atoms with Gasteiger partial charge in [-0.1, -0.05) is 28.0 Å². The average molecular weight is 399 g/mol. The topological polar surface area (TPSA) is 94.0 Å². The Morgan fingerprint density at radius 3 is 2.96 bits per heavy atom. The van der Waals surface area contributed by atoms with Gasteiger partial charge in [0, 0.05) is 4.47 Å². The van der Waals surface area contributed by atoms with Gasteiger partial charge in [0.05, 0.1) is 19.2 Å². The lowest BCUT2D eigenvalue weighted by atomic mass is 10.2. The smallest absolute Gasteiger partial charge is 0.269 e. The highest BCUT2D eigenvalue weighted by atomic mass is 79.9. The maximum Gasteiger partial charge on any atom is 0.269 e. The maximum atomic E-state index is 12.3. The molecule has 0 bridgehead atoms. The molecule has 122 valence electrons. The number of thiocarbonyl (C=S) groups is 1. The maximum absolute atomic E-state index is 12.3. The first-order valence-corrected chi connectivity index (χ1v) is 7.97. The number of methoxy groups -OCH3 is 1. The Kier molecular flexibility index (Phi) is 5.99. The highest BCUT2D eigenvalue weighted by Gasteiger charge is 2.15. The fourth-order valence-corrected chi connectivity index (χ4v) is 2.29. The minimum atomic E-state index is -0.401. The number of aryl methyl sites for hydroxylation is 1. The number of halogens is 1. The predicted molar refractivity (Wildman–Crippen MR) is 92.5 cm³/mol. The summed E-state index contributed by atoms with van der Waals surface area (Å²) in [6.45, 7) is 2.66. The molecule has 0 fully saturated rings. The lowest BCUT2D eigenvalue weighted by Gasteiger charge is -2.10. The molecular formula is C13H15BrN6O2S. The molecule has 1 aromatic heterocycles. The van der Waals surface area contributed by atoms with Crippen molar-refractivity contribution < 1.29 is 9.53 Å². The number of carbonyl (C=O) groups excluding carboxylic acids is 1. The van der Waals surface area contributed by atoms with Crippen molar-refractivity contribution in [3.63, 3.8) is 0 Å². The Morgan fingerprint density at radius 2 is 2.26 bits per heavy atom. The van der Waals surface area contributed by atoms with Crippen LogP contribution in [0.2, 0.25) is 0 Å². The molecule has 2 N–H and O–H groups in total. The van der Waals surface area contributed by atoms with Crippen LogP contribution in [0.5, 0.6) is 5.75 Å². The molecule has 10 heteroatoms. The molecule has 2 rings (SSSR count). The number of carbonyl (C=O) groups is 1. The van der Waals surface area contributed by atoms with E-state index in [-0.39, 0.29) is 11.1 Å². The number of aromatic nitrogens is 4. The number of hydrogen-bond acceptors (Lipinski definition) is 6. The Labute approximate surface area is 146 Å². The summed E-state index contributed by atoms with van der Waals surface area (Å²) in [7, 11) is 1.49. The van der Waals surface area contributed by atoms with Crippen LogP contribution >= 0.6 is 28.1 Å². The van der Waals surface area contributed by atoms with E-state index < -0.39 is 5.91 Å². The molecule has 0 atom stereocenters. The van der Waals surface area contributed by atoms with E-state index in [2.05, 4.69) is 42.0 Å². The van der Waals surface area contributed by atoms with Crippen LogP contribution in [0, 0.1) is 0 Å². The molecule has 0 unspecified atom stereocenters. The van der Waals surface area contributed by atoms with Crippen molar-refractivity contribution in [2.24, 2.45) is 0 Å². The van der Waals surface area contributed by atoms with Crippen LogP contribution in [0.15, 0.2) is 22.7 Å². The highest BCUT2D eigenvalue weighted by Crippen LogP contribution is 2.22. The Bertz CT molecular complexity index is 720. The number of tetrazole rings is 1. The summed E-state index contributed by atoms with van der Waals surface area (Å²) in [5, 5.41) is 17.1. The molecule has 2 aromatic rings. The van der Waals surface area contributed by atoms with Gasteiger partial charge in [-0.15, -0.1) is 5.10 Å². The molecule has 0 saturated heterocycles. The van der Waals surface area contributed by atoms with Gasteiger partial charge >= 0.3 is 0 Å². The van der Waals surface area contributed by atoms with E-state index in [4.69, 9.17) is 17.0 Å². The second-order valence-corrected chi connectivity index (χ2v) is 5.79. The molecule has 0 aliphatic rings. The molecule has 0 aliphatic heterocycles. The van der Waals surface area contributed by atoms with Gasteiger partial charge in [0.25, 0.3) is 11.9 Å². The van der Waals surface area contributed by atoms with E-state index in [1.807, 2.05) is 6.92 Å². The fourth-order valence-electron chi connectivity index (χ4n) is 1.75. The number of benzene rings is 1. The molecule has 23 heavy (non-hydrogen) atoms. The first-order valence-electron chi connectivity index (χ1n) is 6.77. The summed E-state index contributed by atoms with van der Waals surface area (Å²) >= 11 is 8.40. The van der Waals surface area contributed by atoms with Crippen LogP contribution in [-0.2, 0) is 6.54 Å². The summed E-state index contributed by atoms with van der Waals surface area (Å²) in [6, 6.07) is 5.11. The Hall–Kier alpha value is -2.07. The molecule has 1 aromatic carbocycles. The lowest BCUT2D eigenvalue weighted by molar-refractivity contribution is 0.0974. The van der Waals surface area contributed by atoms with Crippen LogP contribution in [-0.4, -0.2) is 38.3 Å². The molecule has 0 spiro atoms. The van der Waals surface area contributed by atoms with Crippen LogP contribution in [0.1, 0.15) is 23.7 Å². The quantitative estimate of drug-likeness (QED) is 0.743. The van der Waals surface area contributed by atoms with Gasteiger partial charge in [0.2, 0.25) is 0 Å². The van der Waals surface area contributed by atoms with Crippen molar-refractivity contribution >= 4 is 45.1 Å². The number of nitrogens with zero attached hydrogens (tertiary/aromatic N) is 4. The summed E-state index contributed by atoms with van der Waals surface area (Å²) in [6.07, 6.45) is 0.889. The molecule has 1 heterocycles. The minimum absolute atomic E-state index is 0.0769. The van der Waals surface area contributed by atoms with Gasteiger partial charge < -0.3 is 4.74 Å².